The molecule has 1 amide bonds. The van der Waals surface area contributed by atoms with Gasteiger partial charge in [-0.3, -0.25) is 4.79 Å². The normalized spacial score (nSPS) is 20.2. The lowest BCUT2D eigenvalue weighted by Gasteiger charge is -2.36. The van der Waals surface area contributed by atoms with Crippen molar-refractivity contribution in [2.75, 3.05) is 14.2 Å². The van der Waals surface area contributed by atoms with Crippen LogP contribution in [-0.2, 0) is 35.2 Å². The number of benzene rings is 2. The second-order valence-electron chi connectivity index (χ2n) is 7.99. The van der Waals surface area contributed by atoms with Crippen molar-refractivity contribution < 1.29 is 19.1 Å². The molecule has 4 rings (SSSR count). The van der Waals surface area contributed by atoms with Crippen molar-refractivity contribution in [1.82, 2.24) is 5.32 Å². The molecular formula is C24H27NO4. The predicted octanol–water partition coefficient (Wildman–Crippen LogP) is 3.40. The number of esters is 1. The van der Waals surface area contributed by atoms with Gasteiger partial charge in [-0.1, -0.05) is 18.2 Å². The quantitative estimate of drug-likeness (QED) is 0.809. The number of carbonyl (C=O) groups is 2. The van der Waals surface area contributed by atoms with Gasteiger partial charge in [-0.25, -0.2) is 4.79 Å². The second kappa shape index (κ2) is 7.90. The Morgan fingerprint density at radius 3 is 2.59 bits per heavy atom. The van der Waals surface area contributed by atoms with Gasteiger partial charge < -0.3 is 14.8 Å². The fourth-order valence-corrected chi connectivity index (χ4v) is 4.70. The first-order valence-electron chi connectivity index (χ1n) is 10.2. The lowest BCUT2D eigenvalue weighted by atomic mass is 9.77. The van der Waals surface area contributed by atoms with Gasteiger partial charge in [0.15, 0.2) is 0 Å². The smallest absolute Gasteiger partial charge is 0.331 e. The van der Waals surface area contributed by atoms with Gasteiger partial charge in [0.1, 0.15) is 11.3 Å². The van der Waals surface area contributed by atoms with E-state index >= 15 is 0 Å². The lowest BCUT2D eigenvalue weighted by molar-refractivity contribution is -0.148. The molecule has 2 aliphatic carbocycles. The number of rotatable bonds is 4. The molecule has 2 aromatic carbocycles. The minimum atomic E-state index is -1.05. The molecular weight excluding hydrogens is 366 g/mol. The van der Waals surface area contributed by atoms with Crippen LogP contribution in [0.3, 0.4) is 0 Å². The van der Waals surface area contributed by atoms with Crippen LogP contribution in [0.4, 0.5) is 0 Å². The van der Waals surface area contributed by atoms with E-state index in [0.717, 1.165) is 48.1 Å². The van der Waals surface area contributed by atoms with Crippen LogP contribution in [0.15, 0.2) is 36.4 Å². The minimum Gasteiger partial charge on any atom is -0.497 e. The van der Waals surface area contributed by atoms with Crippen molar-refractivity contribution in [1.29, 1.82) is 0 Å². The average molecular weight is 393 g/mol. The van der Waals surface area contributed by atoms with E-state index in [1.165, 1.54) is 12.7 Å². The highest BCUT2D eigenvalue weighted by atomic mass is 16.5. The Bertz CT molecular complexity index is 952. The van der Waals surface area contributed by atoms with Gasteiger partial charge in [-0.15, -0.1) is 0 Å². The molecule has 0 saturated heterocycles. The van der Waals surface area contributed by atoms with Gasteiger partial charge >= 0.3 is 5.97 Å². The summed E-state index contributed by atoms with van der Waals surface area (Å²) < 4.78 is 10.4. The van der Waals surface area contributed by atoms with Crippen LogP contribution >= 0.6 is 0 Å². The minimum absolute atomic E-state index is 0.189. The molecule has 1 unspecified atom stereocenters. The maximum absolute atomic E-state index is 13.3. The Labute approximate surface area is 171 Å². The average Bonchev–Trinajstić information content (AvgIpc) is 2.77. The standard InChI is InChI=1S/C24H27NO4/c1-28-19-11-10-18-15-24(23(27)29-2,13-12-17(18)14-19)25-22(26)21-9-5-7-16-6-3-4-8-20(16)21/h5,7,9-11,14H,3-4,6,8,12-13,15H2,1-2H3,(H,25,26). The predicted molar refractivity (Wildman–Crippen MR) is 110 cm³/mol. The molecule has 5 heteroatoms. The van der Waals surface area contributed by atoms with E-state index in [9.17, 15) is 9.59 Å². The Balaban J connectivity index is 1.65. The number of hydrogen-bond donors (Lipinski definition) is 1. The molecule has 152 valence electrons. The van der Waals surface area contributed by atoms with Gasteiger partial charge in [0.2, 0.25) is 0 Å². The van der Waals surface area contributed by atoms with Gasteiger partial charge in [0, 0.05) is 12.0 Å². The first-order chi connectivity index (χ1) is 14.1. The van der Waals surface area contributed by atoms with Crippen molar-refractivity contribution in [2.24, 2.45) is 0 Å². The third-order valence-electron chi connectivity index (χ3n) is 6.30. The highest BCUT2D eigenvalue weighted by Crippen LogP contribution is 2.33. The summed E-state index contributed by atoms with van der Waals surface area (Å²) in [6.45, 7) is 0. The van der Waals surface area contributed by atoms with Crippen LogP contribution in [0.5, 0.6) is 5.75 Å². The van der Waals surface area contributed by atoms with Crippen LogP contribution in [0.25, 0.3) is 0 Å². The zero-order valence-electron chi connectivity index (χ0n) is 17.0. The van der Waals surface area contributed by atoms with Gasteiger partial charge in [0.05, 0.1) is 14.2 Å². The first-order valence-corrected chi connectivity index (χ1v) is 10.2. The number of ether oxygens (including phenoxy) is 2. The van der Waals surface area contributed by atoms with Gasteiger partial charge in [0.25, 0.3) is 5.91 Å². The summed E-state index contributed by atoms with van der Waals surface area (Å²) >= 11 is 0. The summed E-state index contributed by atoms with van der Waals surface area (Å²) in [5.74, 6) is 0.220. The highest BCUT2D eigenvalue weighted by molar-refractivity contribution is 5.99. The summed E-state index contributed by atoms with van der Waals surface area (Å²) in [4.78, 5) is 26.1. The zero-order chi connectivity index (χ0) is 20.4. The molecule has 1 atom stereocenters. The Morgan fingerprint density at radius 2 is 1.79 bits per heavy atom. The van der Waals surface area contributed by atoms with Crippen LogP contribution < -0.4 is 10.1 Å². The second-order valence-corrected chi connectivity index (χ2v) is 7.99. The Kier molecular flexibility index (Phi) is 5.31. The fraction of sp³-hybridized carbons (Fsp3) is 0.417. The molecule has 0 fully saturated rings. The van der Waals surface area contributed by atoms with Crippen LogP contribution in [0.2, 0.25) is 0 Å². The molecule has 29 heavy (non-hydrogen) atoms. The summed E-state index contributed by atoms with van der Waals surface area (Å²) in [7, 11) is 3.02. The number of methoxy groups -OCH3 is 2. The number of hydrogen-bond acceptors (Lipinski definition) is 4. The van der Waals surface area contributed by atoms with Gasteiger partial charge in [-0.05, 0) is 79.0 Å². The number of amides is 1. The molecule has 2 aliphatic rings. The number of carbonyl (C=O) groups excluding carboxylic acids is 2. The third-order valence-corrected chi connectivity index (χ3v) is 6.30. The summed E-state index contributed by atoms with van der Waals surface area (Å²) in [6.07, 6.45) is 5.76. The molecule has 1 N–H and O–H groups in total. The van der Waals surface area contributed by atoms with Crippen molar-refractivity contribution >= 4 is 11.9 Å². The van der Waals surface area contributed by atoms with E-state index in [4.69, 9.17) is 9.47 Å². The maximum atomic E-state index is 13.3. The first kappa shape index (κ1) is 19.5. The van der Waals surface area contributed by atoms with Crippen LogP contribution in [-0.4, -0.2) is 31.6 Å². The van der Waals surface area contributed by atoms with Crippen molar-refractivity contribution in [3.63, 3.8) is 0 Å². The SMILES string of the molecule is COC(=O)C1(NC(=O)c2cccc3c2CCCC3)CCc2cc(OC)ccc2C1. The number of nitrogens with one attached hydrogen (secondary N) is 1. The topological polar surface area (TPSA) is 64.6 Å². The molecule has 2 aromatic rings. The van der Waals surface area contributed by atoms with E-state index in [1.807, 2.05) is 30.3 Å². The number of fused-ring (bicyclic) bond motifs is 2. The summed E-state index contributed by atoms with van der Waals surface area (Å²) in [5, 5.41) is 3.07. The molecule has 5 nitrogen and oxygen atoms in total. The van der Waals surface area contributed by atoms with Crippen LogP contribution in [0, 0.1) is 0 Å². The van der Waals surface area contributed by atoms with Crippen molar-refractivity contribution in [3.05, 3.63) is 64.2 Å². The monoisotopic (exact) mass is 393 g/mol. The van der Waals surface area contributed by atoms with Crippen molar-refractivity contribution in [2.45, 2.75) is 50.5 Å². The van der Waals surface area contributed by atoms with E-state index in [-0.39, 0.29) is 5.91 Å². The molecule has 0 heterocycles. The number of aryl methyl sites for hydroxylation is 2. The van der Waals surface area contributed by atoms with Crippen LogP contribution in [0.1, 0.15) is 51.9 Å². The fourth-order valence-electron chi connectivity index (χ4n) is 4.70. The summed E-state index contributed by atoms with van der Waals surface area (Å²) in [6, 6.07) is 11.8. The van der Waals surface area contributed by atoms with E-state index in [1.54, 1.807) is 7.11 Å². The van der Waals surface area contributed by atoms with E-state index in [0.29, 0.717) is 24.8 Å². The Hall–Kier alpha value is -2.82. The van der Waals surface area contributed by atoms with Gasteiger partial charge in [-0.2, -0.15) is 0 Å². The maximum Gasteiger partial charge on any atom is 0.331 e. The highest BCUT2D eigenvalue weighted by Gasteiger charge is 2.44. The molecule has 0 spiro atoms. The van der Waals surface area contributed by atoms with E-state index < -0.39 is 11.5 Å². The molecule has 0 aromatic heterocycles. The lowest BCUT2D eigenvalue weighted by Crippen LogP contribution is -2.58. The molecule has 0 aliphatic heterocycles. The molecule has 0 bridgehead atoms. The Morgan fingerprint density at radius 1 is 0.966 bits per heavy atom. The van der Waals surface area contributed by atoms with E-state index in [2.05, 4.69) is 11.4 Å². The third kappa shape index (κ3) is 3.61. The largest absolute Gasteiger partial charge is 0.497 e. The zero-order valence-corrected chi connectivity index (χ0v) is 17.0. The summed E-state index contributed by atoms with van der Waals surface area (Å²) in [5.41, 5.74) is 4.19. The van der Waals surface area contributed by atoms with Crippen molar-refractivity contribution in [3.8, 4) is 5.75 Å². The molecule has 0 saturated carbocycles. The molecule has 0 radical (unpaired) electrons.